The normalized spacial score (nSPS) is 20.1. The maximum absolute atomic E-state index is 12.2. The van der Waals surface area contributed by atoms with Crippen LogP contribution in [-0.2, 0) is 14.3 Å². The Hall–Kier alpha value is -0.900. The van der Waals surface area contributed by atoms with E-state index in [-0.39, 0.29) is 23.3 Å². The highest BCUT2D eigenvalue weighted by Crippen LogP contribution is 2.28. The fraction of sp³-hybridized carbons (Fsp3) is 0.867. The van der Waals surface area contributed by atoms with Gasteiger partial charge >= 0.3 is 5.97 Å². The summed E-state index contributed by atoms with van der Waals surface area (Å²) < 4.78 is 5.04. The van der Waals surface area contributed by atoms with Crippen LogP contribution >= 0.6 is 0 Å². The summed E-state index contributed by atoms with van der Waals surface area (Å²) in [5.74, 6) is 0.324. The van der Waals surface area contributed by atoms with Crippen molar-refractivity contribution in [3.8, 4) is 0 Å². The van der Waals surface area contributed by atoms with E-state index in [1.807, 2.05) is 34.6 Å². The third-order valence-electron chi connectivity index (χ3n) is 3.81. The molecule has 0 radical (unpaired) electrons. The van der Waals surface area contributed by atoms with Crippen LogP contribution in [0.25, 0.3) is 0 Å². The van der Waals surface area contributed by atoms with Crippen LogP contribution in [0.2, 0.25) is 0 Å². The minimum Gasteiger partial charge on any atom is -0.465 e. The van der Waals surface area contributed by atoms with Gasteiger partial charge in [-0.05, 0) is 39.8 Å². The van der Waals surface area contributed by atoms with Crippen molar-refractivity contribution in [2.75, 3.05) is 19.7 Å². The molecule has 0 N–H and O–H groups in total. The number of Topliss-reactive ketones (excluding diaryl/α,β-unsaturated/α-hetero) is 1. The molecular weight excluding hydrogens is 242 g/mol. The molecule has 19 heavy (non-hydrogen) atoms. The minimum absolute atomic E-state index is 0.144. The van der Waals surface area contributed by atoms with E-state index in [0.29, 0.717) is 12.4 Å². The first-order chi connectivity index (χ1) is 8.77. The number of rotatable bonds is 4. The van der Waals surface area contributed by atoms with Crippen LogP contribution in [0.1, 0.15) is 47.5 Å². The second-order valence-corrected chi connectivity index (χ2v) is 6.35. The van der Waals surface area contributed by atoms with Crippen LogP contribution in [0, 0.1) is 11.3 Å². The van der Waals surface area contributed by atoms with Crippen molar-refractivity contribution in [3.05, 3.63) is 0 Å². The molecule has 0 aromatic rings. The molecule has 0 bridgehead atoms. The van der Waals surface area contributed by atoms with Crippen LogP contribution in [0.15, 0.2) is 0 Å². The zero-order valence-electron chi connectivity index (χ0n) is 12.9. The number of carbonyl (C=O) groups is 2. The molecule has 4 nitrogen and oxygen atoms in total. The average Bonchev–Trinajstić information content (AvgIpc) is 2.36. The quantitative estimate of drug-likeness (QED) is 0.735. The Labute approximate surface area is 116 Å². The summed E-state index contributed by atoms with van der Waals surface area (Å²) in [6.07, 6.45) is 1.69. The lowest BCUT2D eigenvalue weighted by Crippen LogP contribution is -2.46. The van der Waals surface area contributed by atoms with Crippen molar-refractivity contribution in [1.29, 1.82) is 0 Å². The van der Waals surface area contributed by atoms with E-state index in [0.717, 1.165) is 25.9 Å². The number of likely N-dealkylation sites (tertiary alicyclic amines) is 1. The molecule has 0 aliphatic carbocycles. The molecule has 0 saturated carbocycles. The Morgan fingerprint density at radius 1 is 1.26 bits per heavy atom. The Balaban J connectivity index is 2.49. The molecular formula is C15H27NO3. The van der Waals surface area contributed by atoms with Crippen LogP contribution in [0.4, 0.5) is 0 Å². The Bertz CT molecular complexity index is 325. The van der Waals surface area contributed by atoms with Gasteiger partial charge in [0, 0.05) is 11.3 Å². The molecule has 1 aliphatic rings. The van der Waals surface area contributed by atoms with Gasteiger partial charge in [0.1, 0.15) is 11.8 Å². The third kappa shape index (κ3) is 4.30. The standard InChI is InChI=1S/C15H27NO3/c1-6-19-14(18)11(2)16-9-7-12(8-10-16)13(17)15(3,4)5/h11-12H,6-10H2,1-5H3. The summed E-state index contributed by atoms with van der Waals surface area (Å²) in [6, 6.07) is -0.203. The van der Waals surface area contributed by atoms with Crippen LogP contribution < -0.4 is 0 Å². The van der Waals surface area contributed by atoms with E-state index in [4.69, 9.17) is 4.74 Å². The van der Waals surface area contributed by atoms with Gasteiger partial charge in [-0.25, -0.2) is 0 Å². The van der Waals surface area contributed by atoms with Gasteiger partial charge in [0.2, 0.25) is 0 Å². The van der Waals surface area contributed by atoms with E-state index < -0.39 is 0 Å². The highest BCUT2D eigenvalue weighted by atomic mass is 16.5. The van der Waals surface area contributed by atoms with Gasteiger partial charge in [0.05, 0.1) is 6.61 Å². The SMILES string of the molecule is CCOC(=O)C(C)N1CCC(C(=O)C(C)(C)C)CC1. The lowest BCUT2D eigenvalue weighted by Gasteiger charge is -2.36. The van der Waals surface area contributed by atoms with Crippen molar-refractivity contribution >= 4 is 11.8 Å². The molecule has 1 unspecified atom stereocenters. The first kappa shape index (κ1) is 16.2. The molecule has 0 aromatic carbocycles. The highest BCUT2D eigenvalue weighted by Gasteiger charge is 2.34. The summed E-state index contributed by atoms with van der Waals surface area (Å²) in [7, 11) is 0. The van der Waals surface area contributed by atoms with Crippen molar-refractivity contribution in [1.82, 2.24) is 4.90 Å². The fourth-order valence-corrected chi connectivity index (χ4v) is 2.57. The summed E-state index contributed by atoms with van der Waals surface area (Å²) in [6.45, 7) is 11.6. The zero-order valence-corrected chi connectivity index (χ0v) is 12.9. The van der Waals surface area contributed by atoms with Crippen molar-refractivity contribution in [2.24, 2.45) is 11.3 Å². The molecule has 110 valence electrons. The average molecular weight is 269 g/mol. The van der Waals surface area contributed by atoms with Gasteiger partial charge in [-0.2, -0.15) is 0 Å². The lowest BCUT2D eigenvalue weighted by atomic mass is 9.79. The predicted octanol–water partition coefficient (Wildman–Crippen LogP) is 2.27. The van der Waals surface area contributed by atoms with E-state index in [1.54, 1.807) is 0 Å². The van der Waals surface area contributed by atoms with Gasteiger partial charge in [-0.3, -0.25) is 14.5 Å². The predicted molar refractivity (Wildman–Crippen MR) is 74.9 cm³/mol. The number of nitrogens with zero attached hydrogens (tertiary/aromatic N) is 1. The Morgan fingerprint density at radius 3 is 2.21 bits per heavy atom. The van der Waals surface area contributed by atoms with Crippen LogP contribution in [0.5, 0.6) is 0 Å². The van der Waals surface area contributed by atoms with Crippen molar-refractivity contribution < 1.29 is 14.3 Å². The highest BCUT2D eigenvalue weighted by molar-refractivity contribution is 5.86. The van der Waals surface area contributed by atoms with Gasteiger partial charge in [-0.1, -0.05) is 20.8 Å². The number of ketones is 1. The number of ether oxygens (including phenoxy) is 1. The number of esters is 1. The number of carbonyl (C=O) groups excluding carboxylic acids is 2. The van der Waals surface area contributed by atoms with Crippen molar-refractivity contribution in [2.45, 2.75) is 53.5 Å². The topological polar surface area (TPSA) is 46.6 Å². The van der Waals surface area contributed by atoms with E-state index in [1.165, 1.54) is 0 Å². The molecule has 0 spiro atoms. The lowest BCUT2D eigenvalue weighted by molar-refractivity contribution is -0.149. The Kier molecular flexibility index (Phi) is 5.53. The summed E-state index contributed by atoms with van der Waals surface area (Å²) >= 11 is 0. The van der Waals surface area contributed by atoms with Gasteiger partial charge in [0.25, 0.3) is 0 Å². The second-order valence-electron chi connectivity index (χ2n) is 6.35. The largest absolute Gasteiger partial charge is 0.465 e. The number of piperidine rings is 1. The summed E-state index contributed by atoms with van der Waals surface area (Å²) in [4.78, 5) is 26.0. The minimum atomic E-state index is -0.264. The number of hydrogen-bond acceptors (Lipinski definition) is 4. The molecule has 0 amide bonds. The molecule has 1 heterocycles. The summed E-state index contributed by atoms with van der Waals surface area (Å²) in [5, 5.41) is 0. The zero-order chi connectivity index (χ0) is 14.6. The molecule has 1 aliphatic heterocycles. The van der Waals surface area contributed by atoms with Crippen molar-refractivity contribution in [3.63, 3.8) is 0 Å². The molecule has 1 atom stereocenters. The third-order valence-corrected chi connectivity index (χ3v) is 3.81. The first-order valence-electron chi connectivity index (χ1n) is 7.22. The maximum Gasteiger partial charge on any atom is 0.323 e. The summed E-state index contributed by atoms with van der Waals surface area (Å²) in [5.41, 5.74) is -0.264. The second kappa shape index (κ2) is 6.51. The van der Waals surface area contributed by atoms with Gasteiger partial charge < -0.3 is 4.74 Å². The van der Waals surface area contributed by atoms with Crippen LogP contribution in [-0.4, -0.2) is 42.4 Å². The fourth-order valence-electron chi connectivity index (χ4n) is 2.57. The number of hydrogen-bond donors (Lipinski definition) is 0. The van der Waals surface area contributed by atoms with Gasteiger partial charge in [-0.15, -0.1) is 0 Å². The monoisotopic (exact) mass is 269 g/mol. The molecule has 1 rings (SSSR count). The molecule has 4 heteroatoms. The first-order valence-corrected chi connectivity index (χ1v) is 7.22. The Morgan fingerprint density at radius 2 is 1.79 bits per heavy atom. The van der Waals surface area contributed by atoms with E-state index in [9.17, 15) is 9.59 Å². The van der Waals surface area contributed by atoms with E-state index >= 15 is 0 Å². The molecule has 1 saturated heterocycles. The smallest absolute Gasteiger partial charge is 0.323 e. The van der Waals surface area contributed by atoms with Crippen LogP contribution in [0.3, 0.4) is 0 Å². The molecule has 1 fully saturated rings. The van der Waals surface area contributed by atoms with E-state index in [2.05, 4.69) is 4.90 Å². The maximum atomic E-state index is 12.2. The molecule has 0 aromatic heterocycles. The van der Waals surface area contributed by atoms with Gasteiger partial charge in [0.15, 0.2) is 0 Å².